The molecule has 4 atom stereocenters. The van der Waals surface area contributed by atoms with E-state index in [1.807, 2.05) is 30.3 Å². The van der Waals surface area contributed by atoms with Crippen molar-refractivity contribution in [3.05, 3.63) is 42.0 Å². The number of benzene rings is 1. The molecule has 0 radical (unpaired) electrons. The molecule has 1 spiro atoms. The second kappa shape index (κ2) is 4.43. The molecule has 2 saturated heterocycles. The van der Waals surface area contributed by atoms with Crippen molar-refractivity contribution < 1.29 is 19.4 Å². The van der Waals surface area contributed by atoms with Gasteiger partial charge in [-0.2, -0.15) is 0 Å². The van der Waals surface area contributed by atoms with Gasteiger partial charge in [-0.1, -0.05) is 31.2 Å². The number of rotatable bonds is 3. The lowest BCUT2D eigenvalue weighted by Gasteiger charge is -2.21. The van der Waals surface area contributed by atoms with Crippen molar-refractivity contribution in [3.8, 4) is 0 Å². The van der Waals surface area contributed by atoms with E-state index in [1.165, 1.54) is 5.56 Å². The molecule has 0 saturated carbocycles. The molecule has 1 aromatic carbocycles. The molecule has 1 aromatic rings. The highest BCUT2D eigenvalue weighted by atomic mass is 16.5. The Bertz CT molecular complexity index is 680. The van der Waals surface area contributed by atoms with Crippen LogP contribution in [0.4, 0.5) is 5.69 Å². The summed E-state index contributed by atoms with van der Waals surface area (Å²) >= 11 is 0. The van der Waals surface area contributed by atoms with Crippen LogP contribution in [0.1, 0.15) is 12.5 Å². The molecule has 5 nitrogen and oxygen atoms in total. The van der Waals surface area contributed by atoms with Crippen molar-refractivity contribution in [3.63, 3.8) is 0 Å². The standard InChI is InChI=1S/C17H17NO4/c1-2-10-3-5-11(6-4-10)18-9-17-8-7-12(22-17)13(16(20)21)14(17)15(18)19/h3-8,12-14H,2,9H2,1H3,(H,20,21)/t12-,13+,14-,17-/m1/s1. The van der Waals surface area contributed by atoms with Crippen LogP contribution < -0.4 is 4.90 Å². The lowest BCUT2D eigenvalue weighted by molar-refractivity contribution is -0.146. The predicted octanol–water partition coefficient (Wildman–Crippen LogP) is 1.62. The molecule has 0 aromatic heterocycles. The summed E-state index contributed by atoms with van der Waals surface area (Å²) in [5.41, 5.74) is 1.23. The van der Waals surface area contributed by atoms with Crippen LogP contribution in [0.15, 0.2) is 36.4 Å². The zero-order chi connectivity index (χ0) is 15.5. The maximum atomic E-state index is 12.8. The summed E-state index contributed by atoms with van der Waals surface area (Å²) < 4.78 is 5.87. The molecule has 0 unspecified atom stereocenters. The van der Waals surface area contributed by atoms with Gasteiger partial charge in [-0.15, -0.1) is 0 Å². The fourth-order valence-corrected chi connectivity index (χ4v) is 3.91. The Kier molecular flexibility index (Phi) is 2.72. The van der Waals surface area contributed by atoms with Gasteiger partial charge in [0.2, 0.25) is 5.91 Å². The minimum atomic E-state index is -0.960. The van der Waals surface area contributed by atoms with Crippen LogP contribution in [0.5, 0.6) is 0 Å². The van der Waals surface area contributed by atoms with Crippen molar-refractivity contribution in [2.75, 3.05) is 11.4 Å². The summed E-state index contributed by atoms with van der Waals surface area (Å²) in [5, 5.41) is 9.44. The Morgan fingerprint density at radius 2 is 2.14 bits per heavy atom. The van der Waals surface area contributed by atoms with Crippen LogP contribution in [0.2, 0.25) is 0 Å². The van der Waals surface area contributed by atoms with Gasteiger partial charge in [-0.05, 0) is 24.1 Å². The minimum absolute atomic E-state index is 0.150. The van der Waals surface area contributed by atoms with Crippen LogP contribution >= 0.6 is 0 Å². The number of carbonyl (C=O) groups excluding carboxylic acids is 1. The lowest BCUT2D eigenvalue weighted by atomic mass is 9.77. The van der Waals surface area contributed by atoms with Crippen LogP contribution in [0, 0.1) is 11.8 Å². The molecular formula is C17H17NO4. The third kappa shape index (κ3) is 1.63. The van der Waals surface area contributed by atoms with Crippen LogP contribution in [0.3, 0.4) is 0 Å². The number of carbonyl (C=O) groups is 2. The Balaban J connectivity index is 1.70. The number of anilines is 1. The van der Waals surface area contributed by atoms with Gasteiger partial charge in [0.15, 0.2) is 0 Å². The van der Waals surface area contributed by atoms with Crippen LogP contribution in [-0.2, 0) is 20.7 Å². The number of amides is 1. The second-order valence-electron chi connectivity index (χ2n) is 6.18. The zero-order valence-corrected chi connectivity index (χ0v) is 12.2. The van der Waals surface area contributed by atoms with E-state index in [9.17, 15) is 14.7 Å². The first-order valence-corrected chi connectivity index (χ1v) is 7.56. The minimum Gasteiger partial charge on any atom is -0.481 e. The molecule has 2 fully saturated rings. The van der Waals surface area contributed by atoms with Gasteiger partial charge in [0.05, 0.1) is 18.6 Å². The van der Waals surface area contributed by atoms with Gasteiger partial charge < -0.3 is 14.7 Å². The monoisotopic (exact) mass is 299 g/mol. The van der Waals surface area contributed by atoms with E-state index in [1.54, 1.807) is 11.0 Å². The summed E-state index contributed by atoms with van der Waals surface area (Å²) in [7, 11) is 0. The number of carboxylic acid groups (broad SMARTS) is 1. The maximum absolute atomic E-state index is 12.8. The number of nitrogens with zero attached hydrogens (tertiary/aromatic N) is 1. The third-order valence-electron chi connectivity index (χ3n) is 5.04. The fourth-order valence-electron chi connectivity index (χ4n) is 3.91. The predicted molar refractivity (Wildman–Crippen MR) is 79.5 cm³/mol. The topological polar surface area (TPSA) is 66.8 Å². The number of ether oxygens (including phenoxy) is 1. The third-order valence-corrected chi connectivity index (χ3v) is 5.04. The van der Waals surface area contributed by atoms with Gasteiger partial charge in [0.25, 0.3) is 0 Å². The van der Waals surface area contributed by atoms with E-state index in [4.69, 9.17) is 4.74 Å². The molecule has 22 heavy (non-hydrogen) atoms. The fraction of sp³-hybridized carbons (Fsp3) is 0.412. The lowest BCUT2D eigenvalue weighted by Crippen LogP contribution is -2.39. The first kappa shape index (κ1) is 13.5. The number of hydrogen-bond donors (Lipinski definition) is 1. The van der Waals surface area contributed by atoms with Crippen molar-refractivity contribution >= 4 is 17.6 Å². The Hall–Kier alpha value is -2.14. The van der Waals surface area contributed by atoms with Gasteiger partial charge in [0.1, 0.15) is 11.5 Å². The average Bonchev–Trinajstić information content (AvgIpc) is 3.15. The van der Waals surface area contributed by atoms with Crippen molar-refractivity contribution in [2.24, 2.45) is 11.8 Å². The number of fused-ring (bicyclic) bond motifs is 1. The SMILES string of the molecule is CCc1ccc(N2C[C@@]34C=C[C@@H](O3)[C@H](C(=O)O)[C@@H]4C2=O)cc1. The van der Waals surface area contributed by atoms with Crippen molar-refractivity contribution in [2.45, 2.75) is 25.0 Å². The second-order valence-corrected chi connectivity index (χ2v) is 6.18. The number of aliphatic carboxylic acids is 1. The molecule has 1 N–H and O–H groups in total. The molecule has 3 aliphatic heterocycles. The molecule has 114 valence electrons. The summed E-state index contributed by atoms with van der Waals surface area (Å²) in [6, 6.07) is 7.83. The summed E-state index contributed by atoms with van der Waals surface area (Å²) in [4.78, 5) is 26.0. The number of aryl methyl sites for hydroxylation is 1. The van der Waals surface area contributed by atoms with E-state index < -0.39 is 29.5 Å². The van der Waals surface area contributed by atoms with Crippen molar-refractivity contribution in [1.82, 2.24) is 0 Å². The van der Waals surface area contributed by atoms with E-state index in [0.717, 1.165) is 12.1 Å². The van der Waals surface area contributed by atoms with Gasteiger partial charge in [-0.25, -0.2) is 0 Å². The molecule has 1 amide bonds. The molecule has 3 aliphatic rings. The van der Waals surface area contributed by atoms with Crippen LogP contribution in [-0.4, -0.2) is 35.2 Å². The average molecular weight is 299 g/mol. The number of carboxylic acids is 1. The number of hydrogen-bond acceptors (Lipinski definition) is 3. The Labute approximate surface area is 128 Å². The van der Waals surface area contributed by atoms with Gasteiger partial charge in [0, 0.05) is 5.69 Å². The maximum Gasteiger partial charge on any atom is 0.310 e. The molecule has 3 heterocycles. The normalized spacial score (nSPS) is 35.2. The molecule has 0 aliphatic carbocycles. The summed E-state index contributed by atoms with van der Waals surface area (Å²) in [6.07, 6.45) is 4.12. The zero-order valence-electron chi connectivity index (χ0n) is 12.2. The summed E-state index contributed by atoms with van der Waals surface area (Å²) in [5.74, 6) is -2.51. The quantitative estimate of drug-likeness (QED) is 0.861. The highest BCUT2D eigenvalue weighted by Gasteiger charge is 2.67. The van der Waals surface area contributed by atoms with E-state index in [-0.39, 0.29) is 5.91 Å². The molecule has 2 bridgehead atoms. The summed E-state index contributed by atoms with van der Waals surface area (Å²) in [6.45, 7) is 2.47. The van der Waals surface area contributed by atoms with E-state index in [0.29, 0.717) is 6.54 Å². The van der Waals surface area contributed by atoms with E-state index >= 15 is 0 Å². The highest BCUT2D eigenvalue weighted by molar-refractivity contribution is 6.02. The van der Waals surface area contributed by atoms with Crippen LogP contribution in [0.25, 0.3) is 0 Å². The molecule has 4 rings (SSSR count). The Morgan fingerprint density at radius 3 is 2.77 bits per heavy atom. The first-order chi connectivity index (χ1) is 10.6. The molecular weight excluding hydrogens is 282 g/mol. The van der Waals surface area contributed by atoms with Gasteiger partial charge in [-0.3, -0.25) is 9.59 Å². The van der Waals surface area contributed by atoms with Crippen molar-refractivity contribution in [1.29, 1.82) is 0 Å². The first-order valence-electron chi connectivity index (χ1n) is 7.56. The smallest absolute Gasteiger partial charge is 0.310 e. The molecule has 5 heteroatoms. The highest BCUT2D eigenvalue weighted by Crippen LogP contribution is 2.52. The van der Waals surface area contributed by atoms with Gasteiger partial charge >= 0.3 is 5.97 Å². The Morgan fingerprint density at radius 1 is 1.41 bits per heavy atom. The largest absolute Gasteiger partial charge is 0.481 e. The van der Waals surface area contributed by atoms with E-state index in [2.05, 4.69) is 6.92 Å².